The Kier molecular flexibility index (Phi) is 2.32. The Hall–Kier alpha value is -1.10. The number of carbonyl (C=O) groups is 2. The number of carbonyl (C=O) groups excluding carboxylic acids is 2. The highest BCUT2D eigenvalue weighted by atomic mass is 16.3. The second kappa shape index (κ2) is 3.10. The van der Waals surface area contributed by atoms with Crippen LogP contribution in [0.1, 0.15) is 6.92 Å². The first-order valence-electron chi connectivity index (χ1n) is 3.71. The van der Waals surface area contributed by atoms with Gasteiger partial charge in [-0.05, 0) is 0 Å². The molecule has 1 fully saturated rings. The summed E-state index contributed by atoms with van der Waals surface area (Å²) in [7, 11) is 1.52. The Morgan fingerprint density at radius 2 is 2.25 bits per heavy atom. The lowest BCUT2D eigenvalue weighted by atomic mass is 10.3. The summed E-state index contributed by atoms with van der Waals surface area (Å²) in [6.07, 6.45) is -0.866. The summed E-state index contributed by atoms with van der Waals surface area (Å²) in [6.45, 7) is 1.66. The molecule has 1 unspecified atom stereocenters. The number of likely N-dealkylation sites (N-methyl/N-ethyl adjacent to an activating group) is 1. The molecular weight excluding hydrogens is 160 g/mol. The van der Waals surface area contributed by atoms with E-state index in [0.29, 0.717) is 0 Å². The van der Waals surface area contributed by atoms with E-state index in [1.165, 1.54) is 23.8 Å². The first-order chi connectivity index (χ1) is 5.52. The van der Waals surface area contributed by atoms with Crippen LogP contribution in [0.4, 0.5) is 0 Å². The largest absolute Gasteiger partial charge is 0.372 e. The lowest BCUT2D eigenvalue weighted by molar-refractivity contribution is -0.156. The number of piperazine rings is 1. The number of amides is 2. The summed E-state index contributed by atoms with van der Waals surface area (Å²) in [4.78, 5) is 24.5. The Balaban J connectivity index is 2.66. The molecule has 12 heavy (non-hydrogen) atoms. The van der Waals surface area contributed by atoms with E-state index in [4.69, 9.17) is 0 Å². The van der Waals surface area contributed by atoms with E-state index >= 15 is 0 Å². The normalized spacial score (nSPS) is 24.6. The number of β-amino-alcohol motifs (C(OH)–C–C–N with tert-alkyl or cyclic N) is 1. The third kappa shape index (κ3) is 1.55. The van der Waals surface area contributed by atoms with Gasteiger partial charge in [0.1, 0.15) is 6.23 Å². The van der Waals surface area contributed by atoms with Crippen molar-refractivity contribution < 1.29 is 14.7 Å². The van der Waals surface area contributed by atoms with Gasteiger partial charge in [0.15, 0.2) is 0 Å². The minimum atomic E-state index is -0.866. The van der Waals surface area contributed by atoms with Gasteiger partial charge in [0.05, 0.1) is 13.1 Å². The van der Waals surface area contributed by atoms with Crippen molar-refractivity contribution in [2.45, 2.75) is 13.2 Å². The average Bonchev–Trinajstić information content (AvgIpc) is 1.99. The minimum Gasteiger partial charge on any atom is -0.372 e. The molecule has 1 heterocycles. The van der Waals surface area contributed by atoms with Crippen molar-refractivity contribution in [3.05, 3.63) is 0 Å². The van der Waals surface area contributed by atoms with Crippen LogP contribution in [-0.4, -0.2) is 53.1 Å². The molecule has 0 saturated carbocycles. The van der Waals surface area contributed by atoms with Crippen molar-refractivity contribution >= 4 is 11.8 Å². The van der Waals surface area contributed by atoms with Gasteiger partial charge in [-0.3, -0.25) is 9.59 Å². The monoisotopic (exact) mass is 172 g/mol. The topological polar surface area (TPSA) is 60.9 Å². The maximum Gasteiger partial charge on any atom is 0.244 e. The van der Waals surface area contributed by atoms with Crippen molar-refractivity contribution in [1.82, 2.24) is 9.80 Å². The van der Waals surface area contributed by atoms with Crippen molar-refractivity contribution in [3.63, 3.8) is 0 Å². The van der Waals surface area contributed by atoms with Gasteiger partial charge in [-0.25, -0.2) is 0 Å². The maximum atomic E-state index is 11.1. The molecule has 1 aliphatic rings. The summed E-state index contributed by atoms with van der Waals surface area (Å²) in [5.41, 5.74) is 0. The van der Waals surface area contributed by atoms with Crippen LogP contribution in [0.5, 0.6) is 0 Å². The van der Waals surface area contributed by atoms with Gasteiger partial charge in [0, 0.05) is 14.0 Å². The van der Waals surface area contributed by atoms with E-state index in [2.05, 4.69) is 0 Å². The first-order valence-corrected chi connectivity index (χ1v) is 3.71. The van der Waals surface area contributed by atoms with Crippen LogP contribution in [0, 0.1) is 0 Å². The zero-order valence-corrected chi connectivity index (χ0v) is 7.15. The molecule has 0 aromatic carbocycles. The molecule has 0 spiro atoms. The van der Waals surface area contributed by atoms with E-state index in [-0.39, 0.29) is 24.9 Å². The van der Waals surface area contributed by atoms with Crippen LogP contribution in [0.2, 0.25) is 0 Å². The predicted molar refractivity (Wildman–Crippen MR) is 41.0 cm³/mol. The lowest BCUT2D eigenvalue weighted by Crippen LogP contribution is -2.55. The van der Waals surface area contributed by atoms with Crippen LogP contribution in [0.15, 0.2) is 0 Å². The van der Waals surface area contributed by atoms with Crippen molar-refractivity contribution in [3.8, 4) is 0 Å². The zero-order chi connectivity index (χ0) is 9.30. The van der Waals surface area contributed by atoms with Gasteiger partial charge >= 0.3 is 0 Å². The molecule has 2 amide bonds. The molecule has 1 rings (SSSR count). The zero-order valence-electron chi connectivity index (χ0n) is 7.15. The second-order valence-electron chi connectivity index (χ2n) is 2.88. The van der Waals surface area contributed by atoms with Crippen molar-refractivity contribution in [2.24, 2.45) is 0 Å². The van der Waals surface area contributed by atoms with Gasteiger partial charge < -0.3 is 14.9 Å². The Morgan fingerprint density at radius 3 is 2.67 bits per heavy atom. The number of aliphatic hydroxyl groups is 1. The molecule has 0 radical (unpaired) electrons. The van der Waals surface area contributed by atoms with E-state index in [1.54, 1.807) is 0 Å². The Morgan fingerprint density at radius 1 is 1.67 bits per heavy atom. The van der Waals surface area contributed by atoms with Gasteiger partial charge in [-0.15, -0.1) is 0 Å². The highest BCUT2D eigenvalue weighted by Crippen LogP contribution is 2.06. The molecule has 68 valence electrons. The predicted octanol–water partition coefficient (Wildman–Crippen LogP) is -1.37. The number of nitrogens with zero attached hydrogens (tertiary/aromatic N) is 2. The SMILES string of the molecule is CC(=O)N1CC(=O)N(C)C(O)C1. The number of hydrogen-bond donors (Lipinski definition) is 1. The molecule has 5 nitrogen and oxygen atoms in total. The van der Waals surface area contributed by atoms with E-state index in [0.717, 1.165) is 0 Å². The van der Waals surface area contributed by atoms with Crippen LogP contribution in [-0.2, 0) is 9.59 Å². The van der Waals surface area contributed by atoms with Gasteiger partial charge in [0.25, 0.3) is 0 Å². The standard InChI is InChI=1S/C7H12N2O3/c1-5(10)9-3-6(11)8(2)7(12)4-9/h6,11H,3-4H2,1-2H3. The number of hydrogen-bond acceptors (Lipinski definition) is 3. The Labute approximate surface area is 70.6 Å². The summed E-state index contributed by atoms with van der Waals surface area (Å²) < 4.78 is 0. The molecular formula is C7H12N2O3. The van der Waals surface area contributed by atoms with E-state index in [9.17, 15) is 14.7 Å². The highest BCUT2D eigenvalue weighted by molar-refractivity contribution is 5.85. The average molecular weight is 172 g/mol. The third-order valence-electron chi connectivity index (χ3n) is 2.00. The van der Waals surface area contributed by atoms with Gasteiger partial charge in [-0.2, -0.15) is 0 Å². The molecule has 5 heteroatoms. The number of aliphatic hydroxyl groups excluding tert-OH is 1. The van der Waals surface area contributed by atoms with Crippen LogP contribution < -0.4 is 0 Å². The fourth-order valence-electron chi connectivity index (χ4n) is 1.07. The molecule has 0 aromatic heterocycles. The number of rotatable bonds is 0. The van der Waals surface area contributed by atoms with Crippen LogP contribution in [0.3, 0.4) is 0 Å². The Bertz CT molecular complexity index is 217. The molecule has 1 saturated heterocycles. The van der Waals surface area contributed by atoms with Crippen LogP contribution in [0.25, 0.3) is 0 Å². The van der Waals surface area contributed by atoms with Crippen molar-refractivity contribution in [2.75, 3.05) is 20.1 Å². The van der Waals surface area contributed by atoms with Crippen LogP contribution >= 0.6 is 0 Å². The molecule has 1 N–H and O–H groups in total. The summed E-state index contributed by atoms with van der Waals surface area (Å²) in [5.74, 6) is -0.417. The minimum absolute atomic E-state index is 0.0723. The fourth-order valence-corrected chi connectivity index (χ4v) is 1.07. The van der Waals surface area contributed by atoms with Gasteiger partial charge in [-0.1, -0.05) is 0 Å². The smallest absolute Gasteiger partial charge is 0.244 e. The second-order valence-corrected chi connectivity index (χ2v) is 2.88. The molecule has 1 aliphatic heterocycles. The summed E-state index contributed by atoms with van der Waals surface area (Å²) >= 11 is 0. The fraction of sp³-hybridized carbons (Fsp3) is 0.714. The van der Waals surface area contributed by atoms with E-state index in [1.807, 2.05) is 0 Å². The van der Waals surface area contributed by atoms with E-state index < -0.39 is 6.23 Å². The summed E-state index contributed by atoms with van der Waals surface area (Å²) in [5, 5.41) is 9.28. The molecule has 1 atom stereocenters. The lowest BCUT2D eigenvalue weighted by Gasteiger charge is -2.35. The van der Waals surface area contributed by atoms with Gasteiger partial charge in [0.2, 0.25) is 11.8 Å². The van der Waals surface area contributed by atoms with Crippen molar-refractivity contribution in [1.29, 1.82) is 0 Å². The highest BCUT2D eigenvalue weighted by Gasteiger charge is 2.29. The maximum absolute atomic E-state index is 11.1. The quantitative estimate of drug-likeness (QED) is 0.490. The molecule has 0 aliphatic carbocycles. The first kappa shape index (κ1) is 8.99. The molecule has 0 bridgehead atoms. The molecule has 0 aromatic rings. The third-order valence-corrected chi connectivity index (χ3v) is 2.00. The summed E-state index contributed by atoms with van der Waals surface area (Å²) in [6, 6.07) is 0.